The van der Waals surface area contributed by atoms with Crippen LogP contribution in [0.2, 0.25) is 0 Å². The molecule has 0 bridgehead atoms. The second kappa shape index (κ2) is 4.30. The molecule has 1 aliphatic heterocycles. The summed E-state index contributed by atoms with van der Waals surface area (Å²) < 4.78 is 14.8. The molecule has 4 rings (SSSR count). The molecule has 0 aliphatic carbocycles. The molecule has 0 amide bonds. The summed E-state index contributed by atoms with van der Waals surface area (Å²) in [5.74, 6) is 1.41. The quantitative estimate of drug-likeness (QED) is 0.716. The number of hydrogen-bond donors (Lipinski definition) is 0. The van der Waals surface area contributed by atoms with E-state index in [0.717, 1.165) is 30.2 Å². The van der Waals surface area contributed by atoms with E-state index < -0.39 is 0 Å². The van der Waals surface area contributed by atoms with Gasteiger partial charge >= 0.3 is 0 Å². The summed E-state index contributed by atoms with van der Waals surface area (Å²) in [4.78, 5) is 11.3. The Hall–Kier alpha value is -2.43. The van der Waals surface area contributed by atoms with Crippen molar-refractivity contribution in [2.75, 3.05) is 18.0 Å². The maximum absolute atomic E-state index is 13.0. The molecule has 3 heterocycles. The second-order valence-corrected chi connectivity index (χ2v) is 4.97. The van der Waals surface area contributed by atoms with E-state index in [1.807, 2.05) is 22.9 Å². The lowest BCUT2D eigenvalue weighted by molar-refractivity contribution is 0.609. The second-order valence-electron chi connectivity index (χ2n) is 4.97. The standard InChI is InChI=1S/C15H13FN4/c16-12-4-2-11(3-5-12)13-10-20-9-6-14(18-15(20)17-13)19-7-1-8-19/h2-6,9-10H,1,7-8H2. The van der Waals surface area contributed by atoms with Gasteiger partial charge in [0.1, 0.15) is 11.6 Å². The summed E-state index contributed by atoms with van der Waals surface area (Å²) in [5.41, 5.74) is 1.70. The summed E-state index contributed by atoms with van der Waals surface area (Å²) >= 11 is 0. The van der Waals surface area contributed by atoms with Crippen LogP contribution < -0.4 is 4.90 Å². The molecule has 5 heteroatoms. The lowest BCUT2D eigenvalue weighted by Gasteiger charge is -2.31. The number of fused-ring (bicyclic) bond motifs is 1. The van der Waals surface area contributed by atoms with E-state index in [-0.39, 0.29) is 5.82 Å². The van der Waals surface area contributed by atoms with Gasteiger partial charge in [0.25, 0.3) is 0 Å². The average Bonchev–Trinajstić information content (AvgIpc) is 2.80. The molecule has 0 radical (unpaired) electrons. The first kappa shape index (κ1) is 11.4. The van der Waals surface area contributed by atoms with Crippen LogP contribution in [-0.4, -0.2) is 27.5 Å². The third-order valence-electron chi connectivity index (χ3n) is 3.63. The van der Waals surface area contributed by atoms with Gasteiger partial charge in [-0.2, -0.15) is 4.98 Å². The third-order valence-corrected chi connectivity index (χ3v) is 3.63. The molecule has 0 unspecified atom stereocenters. The summed E-state index contributed by atoms with van der Waals surface area (Å²) in [7, 11) is 0. The largest absolute Gasteiger partial charge is 0.356 e. The Balaban J connectivity index is 1.76. The number of anilines is 1. The summed E-state index contributed by atoms with van der Waals surface area (Å²) in [6.07, 6.45) is 5.10. The zero-order valence-electron chi connectivity index (χ0n) is 10.8. The Bertz CT molecular complexity index is 759. The van der Waals surface area contributed by atoms with Gasteiger partial charge in [-0.25, -0.2) is 9.37 Å². The minimum absolute atomic E-state index is 0.240. The number of imidazole rings is 1. The molecule has 0 N–H and O–H groups in total. The molecule has 20 heavy (non-hydrogen) atoms. The normalized spacial score (nSPS) is 14.6. The number of nitrogens with zero attached hydrogens (tertiary/aromatic N) is 4. The molecule has 0 saturated carbocycles. The molecule has 1 saturated heterocycles. The highest BCUT2D eigenvalue weighted by Crippen LogP contribution is 2.22. The van der Waals surface area contributed by atoms with E-state index in [1.165, 1.54) is 18.6 Å². The number of rotatable bonds is 2. The highest BCUT2D eigenvalue weighted by molar-refractivity contribution is 5.62. The fourth-order valence-corrected chi connectivity index (χ4v) is 2.34. The Morgan fingerprint density at radius 2 is 1.80 bits per heavy atom. The number of hydrogen-bond acceptors (Lipinski definition) is 3. The molecule has 100 valence electrons. The fourth-order valence-electron chi connectivity index (χ4n) is 2.34. The van der Waals surface area contributed by atoms with Crippen molar-refractivity contribution >= 4 is 11.6 Å². The van der Waals surface area contributed by atoms with E-state index in [0.29, 0.717) is 5.78 Å². The molecule has 3 aromatic rings. The van der Waals surface area contributed by atoms with Gasteiger partial charge in [-0.15, -0.1) is 0 Å². The minimum Gasteiger partial charge on any atom is -0.356 e. The first-order valence-corrected chi connectivity index (χ1v) is 6.66. The van der Waals surface area contributed by atoms with Crippen molar-refractivity contribution in [2.45, 2.75) is 6.42 Å². The predicted molar refractivity (Wildman–Crippen MR) is 75.2 cm³/mol. The van der Waals surface area contributed by atoms with Crippen molar-refractivity contribution in [3.05, 3.63) is 48.5 Å². The maximum atomic E-state index is 13.0. The van der Waals surface area contributed by atoms with Crippen molar-refractivity contribution in [3.8, 4) is 11.3 Å². The molecule has 0 spiro atoms. The Morgan fingerprint density at radius 1 is 1.00 bits per heavy atom. The third kappa shape index (κ3) is 1.82. The zero-order valence-corrected chi connectivity index (χ0v) is 10.8. The first-order valence-electron chi connectivity index (χ1n) is 6.66. The van der Waals surface area contributed by atoms with E-state index in [9.17, 15) is 4.39 Å². The smallest absolute Gasteiger partial charge is 0.236 e. The molecule has 1 aromatic carbocycles. The number of benzene rings is 1. The highest BCUT2D eigenvalue weighted by atomic mass is 19.1. The van der Waals surface area contributed by atoms with Gasteiger partial charge < -0.3 is 4.90 Å². The van der Waals surface area contributed by atoms with Crippen LogP contribution >= 0.6 is 0 Å². The first-order chi connectivity index (χ1) is 9.79. The van der Waals surface area contributed by atoms with Gasteiger partial charge in [0.15, 0.2) is 0 Å². The fraction of sp³-hybridized carbons (Fsp3) is 0.200. The molecule has 1 fully saturated rings. The van der Waals surface area contributed by atoms with E-state index in [2.05, 4.69) is 14.9 Å². The molecule has 1 aliphatic rings. The van der Waals surface area contributed by atoms with E-state index >= 15 is 0 Å². The summed E-state index contributed by atoms with van der Waals surface area (Å²) in [6.45, 7) is 2.13. The van der Waals surface area contributed by atoms with Crippen LogP contribution in [0.15, 0.2) is 42.7 Å². The number of halogens is 1. The molecule has 2 aromatic heterocycles. The van der Waals surface area contributed by atoms with Crippen LogP contribution in [0.3, 0.4) is 0 Å². The maximum Gasteiger partial charge on any atom is 0.236 e. The lowest BCUT2D eigenvalue weighted by atomic mass is 10.2. The number of aromatic nitrogens is 3. The van der Waals surface area contributed by atoms with E-state index in [1.54, 1.807) is 12.1 Å². The van der Waals surface area contributed by atoms with Crippen LogP contribution in [0.25, 0.3) is 17.0 Å². The predicted octanol–water partition coefficient (Wildman–Crippen LogP) is 2.75. The monoisotopic (exact) mass is 268 g/mol. The highest BCUT2D eigenvalue weighted by Gasteiger charge is 2.16. The van der Waals surface area contributed by atoms with Crippen LogP contribution in [0.4, 0.5) is 10.2 Å². The molecular formula is C15H13FN4. The summed E-state index contributed by atoms with van der Waals surface area (Å²) in [5, 5.41) is 0. The Labute approximate surface area is 115 Å². The minimum atomic E-state index is -0.240. The van der Waals surface area contributed by atoms with Crippen molar-refractivity contribution in [2.24, 2.45) is 0 Å². The van der Waals surface area contributed by atoms with Crippen LogP contribution in [0.5, 0.6) is 0 Å². The van der Waals surface area contributed by atoms with Crippen LogP contribution in [0.1, 0.15) is 6.42 Å². The van der Waals surface area contributed by atoms with Crippen molar-refractivity contribution in [3.63, 3.8) is 0 Å². The zero-order chi connectivity index (χ0) is 13.5. The van der Waals surface area contributed by atoms with Gasteiger partial charge in [-0.1, -0.05) is 0 Å². The van der Waals surface area contributed by atoms with Crippen molar-refractivity contribution in [1.82, 2.24) is 14.4 Å². The van der Waals surface area contributed by atoms with Crippen molar-refractivity contribution in [1.29, 1.82) is 0 Å². The Kier molecular flexibility index (Phi) is 2.45. The van der Waals surface area contributed by atoms with Gasteiger partial charge in [-0.05, 0) is 36.8 Å². The molecular weight excluding hydrogens is 255 g/mol. The molecule has 0 atom stereocenters. The Morgan fingerprint density at radius 3 is 2.50 bits per heavy atom. The average molecular weight is 268 g/mol. The van der Waals surface area contributed by atoms with Gasteiger partial charge in [0.05, 0.1) is 5.69 Å². The topological polar surface area (TPSA) is 33.4 Å². The molecule has 4 nitrogen and oxygen atoms in total. The van der Waals surface area contributed by atoms with E-state index in [4.69, 9.17) is 0 Å². The van der Waals surface area contributed by atoms with Crippen LogP contribution in [-0.2, 0) is 0 Å². The van der Waals surface area contributed by atoms with Gasteiger partial charge in [-0.3, -0.25) is 4.40 Å². The summed E-state index contributed by atoms with van der Waals surface area (Å²) in [6, 6.07) is 8.35. The van der Waals surface area contributed by atoms with Gasteiger partial charge in [0, 0.05) is 31.0 Å². The van der Waals surface area contributed by atoms with Crippen molar-refractivity contribution < 1.29 is 4.39 Å². The van der Waals surface area contributed by atoms with Gasteiger partial charge in [0.2, 0.25) is 5.78 Å². The lowest BCUT2D eigenvalue weighted by Crippen LogP contribution is -2.37. The SMILES string of the molecule is Fc1ccc(-c2cn3ccc(N4CCC4)nc3n2)cc1. The van der Waals surface area contributed by atoms with Crippen LogP contribution in [0, 0.1) is 5.82 Å².